The van der Waals surface area contributed by atoms with E-state index in [1.807, 2.05) is 22.8 Å². The zero-order valence-corrected chi connectivity index (χ0v) is 17.2. The molecular formula is C22H31N6O+. The molecule has 0 amide bonds. The first-order chi connectivity index (χ1) is 14.1. The second-order valence-electron chi connectivity index (χ2n) is 8.11. The lowest BCUT2D eigenvalue weighted by molar-refractivity contribution is -0.564. The summed E-state index contributed by atoms with van der Waals surface area (Å²) in [5, 5.41) is 23.8. The normalized spacial score (nSPS) is 19.6. The Labute approximate surface area is 171 Å². The van der Waals surface area contributed by atoms with Gasteiger partial charge in [-0.15, -0.1) is 4.52 Å². The standard InChI is InChI=1S/C22H30N6O/c1-15(2)18-13-26-28-21(25-11-16-6-4-3-5-7-16)10-20(27-22(18)28)24-12-17-8-9-23-14-19(17)29/h3-7,10,13,15,17,19,23,29H,8-9,11-12,14H2,1-2H3,(H2,24,25,26,27)/p+1/t17-,19+/m0/s1. The van der Waals surface area contributed by atoms with Crippen LogP contribution in [0, 0.1) is 5.92 Å². The molecule has 0 radical (unpaired) electrons. The second-order valence-corrected chi connectivity index (χ2v) is 8.11. The number of nitrogens with one attached hydrogen (secondary N) is 4. The largest absolute Gasteiger partial charge is 0.391 e. The number of hydrogen-bond donors (Lipinski definition) is 5. The predicted molar refractivity (Wildman–Crippen MR) is 115 cm³/mol. The van der Waals surface area contributed by atoms with E-state index in [1.165, 1.54) is 11.1 Å². The van der Waals surface area contributed by atoms with E-state index in [1.54, 1.807) is 0 Å². The summed E-state index contributed by atoms with van der Waals surface area (Å²) in [4.78, 5) is 4.86. The van der Waals surface area contributed by atoms with Gasteiger partial charge in [-0.3, -0.25) is 10.4 Å². The Morgan fingerprint density at radius 2 is 2.07 bits per heavy atom. The van der Waals surface area contributed by atoms with Crippen molar-refractivity contribution in [2.24, 2.45) is 5.92 Å². The third kappa shape index (κ3) is 4.52. The highest BCUT2D eigenvalue weighted by Gasteiger charge is 2.24. The van der Waals surface area contributed by atoms with E-state index in [9.17, 15) is 5.11 Å². The van der Waals surface area contributed by atoms with Gasteiger partial charge in [-0.2, -0.15) is 0 Å². The van der Waals surface area contributed by atoms with Gasteiger partial charge in [-0.05, 0) is 24.4 Å². The number of nitrogens with zero attached hydrogens (tertiary/aromatic N) is 2. The Hall–Kier alpha value is -2.64. The van der Waals surface area contributed by atoms with Gasteiger partial charge in [0.1, 0.15) is 0 Å². The molecule has 4 rings (SSSR count). The predicted octanol–water partition coefficient (Wildman–Crippen LogP) is 2.27. The average Bonchev–Trinajstić information content (AvgIpc) is 3.16. The van der Waals surface area contributed by atoms with Crippen LogP contribution >= 0.6 is 0 Å². The molecule has 3 heterocycles. The van der Waals surface area contributed by atoms with Gasteiger partial charge in [0, 0.05) is 25.2 Å². The molecule has 0 spiro atoms. The van der Waals surface area contributed by atoms with Crippen LogP contribution < -0.4 is 20.5 Å². The number of aliphatic hydroxyl groups is 1. The Morgan fingerprint density at radius 1 is 1.24 bits per heavy atom. The molecule has 1 aliphatic rings. The van der Waals surface area contributed by atoms with Crippen molar-refractivity contribution in [1.82, 2.24) is 15.4 Å². The third-order valence-corrected chi connectivity index (χ3v) is 5.63. The number of fused-ring (bicyclic) bond motifs is 1. The van der Waals surface area contributed by atoms with Crippen molar-refractivity contribution in [1.29, 1.82) is 0 Å². The summed E-state index contributed by atoms with van der Waals surface area (Å²) in [5.41, 5.74) is 3.32. The summed E-state index contributed by atoms with van der Waals surface area (Å²) in [6.07, 6.45) is 2.68. The van der Waals surface area contributed by atoms with E-state index < -0.39 is 0 Å². The number of piperidine rings is 1. The molecule has 0 saturated carbocycles. The van der Waals surface area contributed by atoms with Gasteiger partial charge in [0.05, 0.1) is 24.3 Å². The molecule has 154 valence electrons. The fraction of sp³-hybridized carbons (Fsp3) is 0.455. The Bertz CT molecular complexity index is 939. The molecular weight excluding hydrogens is 364 g/mol. The quantitative estimate of drug-likeness (QED) is 0.396. The first-order valence-electron chi connectivity index (χ1n) is 10.5. The molecule has 3 aromatic rings. The van der Waals surface area contributed by atoms with Gasteiger partial charge in [0.15, 0.2) is 0 Å². The van der Waals surface area contributed by atoms with Crippen molar-refractivity contribution in [2.45, 2.75) is 38.8 Å². The lowest BCUT2D eigenvalue weighted by atomic mass is 9.95. The summed E-state index contributed by atoms with van der Waals surface area (Å²) in [7, 11) is 0. The molecule has 0 aliphatic carbocycles. The summed E-state index contributed by atoms with van der Waals surface area (Å²) >= 11 is 0. The number of benzene rings is 1. The van der Waals surface area contributed by atoms with Crippen molar-refractivity contribution in [3.05, 3.63) is 53.7 Å². The second kappa shape index (κ2) is 8.80. The van der Waals surface area contributed by atoms with Crippen LogP contribution in [0.2, 0.25) is 0 Å². The maximum atomic E-state index is 10.2. The van der Waals surface area contributed by atoms with Crippen LogP contribution in [-0.4, -0.2) is 40.9 Å². The van der Waals surface area contributed by atoms with Gasteiger partial charge in [0.25, 0.3) is 5.65 Å². The number of hydrogen-bond acceptors (Lipinski definition) is 5. The molecule has 7 nitrogen and oxygen atoms in total. The number of anilines is 2. The monoisotopic (exact) mass is 395 g/mol. The summed E-state index contributed by atoms with van der Waals surface area (Å²) in [6.45, 7) is 7.40. The number of rotatable bonds is 7. The summed E-state index contributed by atoms with van der Waals surface area (Å²) < 4.78 is 2.00. The molecule has 2 aromatic heterocycles. The molecule has 0 bridgehead atoms. The minimum absolute atomic E-state index is 0.234. The zero-order valence-electron chi connectivity index (χ0n) is 17.2. The maximum Gasteiger partial charge on any atom is 0.292 e. The highest BCUT2D eigenvalue weighted by atomic mass is 16.3. The first kappa shape index (κ1) is 19.7. The van der Waals surface area contributed by atoms with Crippen LogP contribution in [0.15, 0.2) is 42.6 Å². The minimum atomic E-state index is -0.316. The van der Waals surface area contributed by atoms with Crippen LogP contribution in [0.5, 0.6) is 0 Å². The molecule has 0 unspecified atom stereocenters. The number of aromatic amines is 1. The lowest BCUT2D eigenvalue weighted by Gasteiger charge is -2.28. The van der Waals surface area contributed by atoms with Gasteiger partial charge < -0.3 is 15.7 Å². The fourth-order valence-corrected chi connectivity index (χ4v) is 3.83. The van der Waals surface area contributed by atoms with Gasteiger partial charge in [0.2, 0.25) is 11.6 Å². The van der Waals surface area contributed by atoms with Crippen LogP contribution in [-0.2, 0) is 6.54 Å². The molecule has 1 fully saturated rings. The topological polar surface area (TPSA) is 89.1 Å². The number of aliphatic hydroxyl groups excluding tert-OH is 1. The maximum absolute atomic E-state index is 10.2. The third-order valence-electron chi connectivity index (χ3n) is 5.63. The van der Waals surface area contributed by atoms with Crippen LogP contribution in [0.4, 0.5) is 11.6 Å². The minimum Gasteiger partial charge on any atom is -0.391 e. The van der Waals surface area contributed by atoms with Crippen LogP contribution in [0.3, 0.4) is 0 Å². The highest BCUT2D eigenvalue weighted by Crippen LogP contribution is 2.21. The molecule has 2 atom stereocenters. The van der Waals surface area contributed by atoms with E-state index >= 15 is 0 Å². The van der Waals surface area contributed by atoms with Crippen molar-refractivity contribution >= 4 is 17.3 Å². The van der Waals surface area contributed by atoms with Crippen molar-refractivity contribution in [2.75, 3.05) is 30.3 Å². The number of β-amino-alcohol motifs (C(OH)–C–C–N with tert-alkyl or cyclic N) is 1. The van der Waals surface area contributed by atoms with E-state index in [-0.39, 0.29) is 12.0 Å². The smallest absolute Gasteiger partial charge is 0.292 e. The van der Waals surface area contributed by atoms with Crippen molar-refractivity contribution < 1.29 is 9.62 Å². The van der Waals surface area contributed by atoms with Gasteiger partial charge in [-0.25, -0.2) is 0 Å². The van der Waals surface area contributed by atoms with Gasteiger partial charge >= 0.3 is 0 Å². The van der Waals surface area contributed by atoms with Crippen LogP contribution in [0.1, 0.15) is 37.3 Å². The van der Waals surface area contributed by atoms with E-state index in [0.29, 0.717) is 19.0 Å². The highest BCUT2D eigenvalue weighted by molar-refractivity contribution is 5.53. The SMILES string of the molecule is CC(C)c1c[nH][n+]2c(NCc3ccccc3)cc(NC[C@@H]3CCNC[C@H]3O)nc12. The Kier molecular flexibility index (Phi) is 5.97. The van der Waals surface area contributed by atoms with Gasteiger partial charge in [-0.1, -0.05) is 49.2 Å². The Morgan fingerprint density at radius 3 is 2.83 bits per heavy atom. The molecule has 5 N–H and O–H groups in total. The fourth-order valence-electron chi connectivity index (χ4n) is 3.83. The average molecular weight is 396 g/mol. The molecule has 1 saturated heterocycles. The Balaban J connectivity index is 1.58. The van der Waals surface area contributed by atoms with E-state index in [0.717, 1.165) is 36.8 Å². The van der Waals surface area contributed by atoms with Crippen molar-refractivity contribution in [3.8, 4) is 0 Å². The number of aromatic nitrogens is 3. The molecule has 1 aromatic carbocycles. The molecule has 29 heavy (non-hydrogen) atoms. The van der Waals surface area contributed by atoms with E-state index in [2.05, 4.69) is 59.2 Å². The van der Waals surface area contributed by atoms with Crippen LogP contribution in [0.25, 0.3) is 5.65 Å². The first-order valence-corrected chi connectivity index (χ1v) is 10.5. The summed E-state index contributed by atoms with van der Waals surface area (Å²) in [5.74, 6) is 2.39. The lowest BCUT2D eigenvalue weighted by Crippen LogP contribution is -2.43. The molecule has 1 aliphatic heterocycles. The van der Waals surface area contributed by atoms with Crippen molar-refractivity contribution in [3.63, 3.8) is 0 Å². The molecule has 7 heteroatoms. The zero-order chi connectivity index (χ0) is 20.2. The number of H-pyrrole nitrogens is 1. The van der Waals surface area contributed by atoms with E-state index in [4.69, 9.17) is 4.98 Å². The summed E-state index contributed by atoms with van der Waals surface area (Å²) in [6, 6.07) is 12.4.